The molecule has 0 saturated heterocycles. The fourth-order valence-electron chi connectivity index (χ4n) is 2.70. The second kappa shape index (κ2) is 6.34. The van der Waals surface area contributed by atoms with Gasteiger partial charge in [0.05, 0.1) is 39.1 Å². The Morgan fingerprint density at radius 1 is 1.13 bits per heavy atom. The molecule has 0 bridgehead atoms. The second-order valence-corrected chi connectivity index (χ2v) is 7.41. The lowest BCUT2D eigenvalue weighted by atomic mass is 10.2. The Morgan fingerprint density at radius 2 is 1.83 bits per heavy atom. The molecule has 0 fully saturated rings. The van der Waals surface area contributed by atoms with E-state index >= 15 is 0 Å². The molecule has 1 heterocycles. The number of para-hydroxylation sites is 1. The first kappa shape index (κ1) is 16.0. The summed E-state index contributed by atoms with van der Waals surface area (Å²) in [5.74, 6) is 0.780. The number of rotatable bonds is 4. The van der Waals surface area contributed by atoms with E-state index in [4.69, 9.17) is 4.74 Å². The number of likely N-dealkylation sites (N-methyl/N-ethyl adjacent to an activating group) is 1. The van der Waals surface area contributed by atoms with Crippen LogP contribution in [0.3, 0.4) is 0 Å². The second-order valence-electron chi connectivity index (χ2n) is 5.99. The fourth-order valence-corrected chi connectivity index (χ4v) is 4.06. The van der Waals surface area contributed by atoms with Crippen LogP contribution in [0.2, 0.25) is 0 Å². The summed E-state index contributed by atoms with van der Waals surface area (Å²) in [7, 11) is 4.65. The standard InChI is InChI=1S/C18H22N2O2S/c1-13(19(2)3)12-20-15-7-5-6-8-17(15)23(21)18-10-9-14(22-4)11-16(18)20/h5-11,13H,12H2,1-4H3. The van der Waals surface area contributed by atoms with E-state index in [0.717, 1.165) is 33.5 Å². The Labute approximate surface area is 140 Å². The van der Waals surface area contributed by atoms with Gasteiger partial charge < -0.3 is 14.5 Å². The van der Waals surface area contributed by atoms with Gasteiger partial charge in [-0.25, -0.2) is 4.21 Å². The van der Waals surface area contributed by atoms with Crippen LogP contribution in [0.25, 0.3) is 0 Å². The summed E-state index contributed by atoms with van der Waals surface area (Å²) in [6.45, 7) is 3.01. The first-order valence-electron chi connectivity index (χ1n) is 7.65. The monoisotopic (exact) mass is 330 g/mol. The summed E-state index contributed by atoms with van der Waals surface area (Å²) in [5, 5.41) is 0. The Kier molecular flexibility index (Phi) is 4.41. The number of benzene rings is 2. The molecule has 0 spiro atoms. The van der Waals surface area contributed by atoms with Crippen LogP contribution in [0.4, 0.5) is 11.4 Å². The minimum Gasteiger partial charge on any atom is -0.497 e. The minimum absolute atomic E-state index is 0.355. The van der Waals surface area contributed by atoms with E-state index in [9.17, 15) is 4.21 Å². The zero-order valence-electron chi connectivity index (χ0n) is 13.9. The molecule has 0 radical (unpaired) electrons. The third-order valence-corrected chi connectivity index (χ3v) is 5.83. The van der Waals surface area contributed by atoms with Gasteiger partial charge in [0.15, 0.2) is 0 Å². The molecule has 4 nitrogen and oxygen atoms in total. The molecular weight excluding hydrogens is 308 g/mol. The first-order valence-corrected chi connectivity index (χ1v) is 8.80. The van der Waals surface area contributed by atoms with Crippen molar-refractivity contribution < 1.29 is 8.95 Å². The van der Waals surface area contributed by atoms with Crippen molar-refractivity contribution in [1.82, 2.24) is 4.90 Å². The maximum Gasteiger partial charge on any atom is 0.121 e. The van der Waals surface area contributed by atoms with Gasteiger partial charge in [0.25, 0.3) is 0 Å². The molecule has 2 unspecified atom stereocenters. The number of anilines is 2. The van der Waals surface area contributed by atoms with E-state index in [1.54, 1.807) is 7.11 Å². The largest absolute Gasteiger partial charge is 0.497 e. The van der Waals surface area contributed by atoms with Gasteiger partial charge in [-0.05, 0) is 45.3 Å². The normalized spacial score (nSPS) is 17.6. The lowest BCUT2D eigenvalue weighted by molar-refractivity contribution is 0.319. The number of methoxy groups -OCH3 is 1. The molecule has 2 aromatic rings. The maximum absolute atomic E-state index is 12.9. The predicted octanol–water partition coefficient (Wildman–Crippen LogP) is 3.26. The van der Waals surface area contributed by atoms with Gasteiger partial charge in [-0.1, -0.05) is 12.1 Å². The molecule has 2 aromatic carbocycles. The molecule has 1 aliphatic rings. The van der Waals surface area contributed by atoms with E-state index in [2.05, 4.69) is 30.8 Å². The third-order valence-electron chi connectivity index (χ3n) is 4.34. The molecular formula is C18H22N2O2S. The van der Waals surface area contributed by atoms with Gasteiger partial charge in [0, 0.05) is 18.7 Å². The highest BCUT2D eigenvalue weighted by atomic mass is 32.2. The molecule has 23 heavy (non-hydrogen) atoms. The fraction of sp³-hybridized carbons (Fsp3) is 0.333. The molecule has 2 atom stereocenters. The van der Waals surface area contributed by atoms with Crippen molar-refractivity contribution in [2.45, 2.75) is 22.8 Å². The van der Waals surface area contributed by atoms with Gasteiger partial charge in [0.1, 0.15) is 5.75 Å². The van der Waals surface area contributed by atoms with Crippen LogP contribution in [-0.2, 0) is 10.8 Å². The lowest BCUT2D eigenvalue weighted by Gasteiger charge is -2.36. The van der Waals surface area contributed by atoms with Crippen LogP contribution < -0.4 is 9.64 Å². The summed E-state index contributed by atoms with van der Waals surface area (Å²) in [5.41, 5.74) is 1.98. The van der Waals surface area contributed by atoms with Crippen molar-refractivity contribution in [3.05, 3.63) is 42.5 Å². The van der Waals surface area contributed by atoms with E-state index in [1.807, 2.05) is 42.5 Å². The number of hydrogen-bond donors (Lipinski definition) is 0. The highest BCUT2D eigenvalue weighted by molar-refractivity contribution is 7.85. The van der Waals surface area contributed by atoms with Gasteiger partial charge >= 0.3 is 0 Å². The van der Waals surface area contributed by atoms with Crippen LogP contribution in [-0.4, -0.2) is 42.9 Å². The van der Waals surface area contributed by atoms with E-state index in [0.29, 0.717) is 6.04 Å². The summed E-state index contributed by atoms with van der Waals surface area (Å²) < 4.78 is 18.3. The van der Waals surface area contributed by atoms with E-state index < -0.39 is 10.8 Å². The van der Waals surface area contributed by atoms with Crippen LogP contribution in [0.1, 0.15) is 6.92 Å². The average Bonchev–Trinajstić information content (AvgIpc) is 2.57. The highest BCUT2D eigenvalue weighted by Crippen LogP contribution is 2.43. The average molecular weight is 330 g/mol. The molecule has 0 aromatic heterocycles. The van der Waals surface area contributed by atoms with Crippen LogP contribution in [0, 0.1) is 0 Å². The smallest absolute Gasteiger partial charge is 0.121 e. The first-order chi connectivity index (χ1) is 11.0. The topological polar surface area (TPSA) is 32.8 Å². The highest BCUT2D eigenvalue weighted by Gasteiger charge is 2.29. The van der Waals surface area contributed by atoms with Crippen molar-refractivity contribution in [2.24, 2.45) is 0 Å². The van der Waals surface area contributed by atoms with Crippen LogP contribution >= 0.6 is 0 Å². The van der Waals surface area contributed by atoms with Crippen molar-refractivity contribution in [3.63, 3.8) is 0 Å². The predicted molar refractivity (Wildman–Crippen MR) is 94.3 cm³/mol. The van der Waals surface area contributed by atoms with Crippen LogP contribution in [0.15, 0.2) is 52.3 Å². The summed E-state index contributed by atoms with van der Waals surface area (Å²) >= 11 is 0. The Balaban J connectivity index is 2.14. The number of nitrogens with zero attached hydrogens (tertiary/aromatic N) is 2. The lowest BCUT2D eigenvalue weighted by Crippen LogP contribution is -2.38. The van der Waals surface area contributed by atoms with Gasteiger partial charge in [-0.3, -0.25) is 0 Å². The Bertz CT molecular complexity index is 746. The number of hydrogen-bond acceptors (Lipinski definition) is 4. The molecule has 0 aliphatic carbocycles. The third kappa shape index (κ3) is 2.86. The zero-order chi connectivity index (χ0) is 16.6. The Hall–Kier alpha value is -1.85. The summed E-state index contributed by atoms with van der Waals surface area (Å²) in [6, 6.07) is 14.0. The maximum atomic E-state index is 12.9. The molecule has 3 rings (SSSR count). The summed E-state index contributed by atoms with van der Waals surface area (Å²) in [4.78, 5) is 6.15. The van der Waals surface area contributed by atoms with E-state index in [-0.39, 0.29) is 0 Å². The molecule has 0 amide bonds. The van der Waals surface area contributed by atoms with Crippen molar-refractivity contribution in [2.75, 3.05) is 32.6 Å². The SMILES string of the molecule is COc1ccc2c(c1)N(CC(C)N(C)C)c1ccccc1S2=O. The van der Waals surface area contributed by atoms with Gasteiger partial charge in [-0.15, -0.1) is 0 Å². The van der Waals surface area contributed by atoms with E-state index in [1.165, 1.54) is 0 Å². The Morgan fingerprint density at radius 3 is 2.52 bits per heavy atom. The molecule has 5 heteroatoms. The van der Waals surface area contributed by atoms with Gasteiger partial charge in [-0.2, -0.15) is 0 Å². The number of ether oxygens (including phenoxy) is 1. The zero-order valence-corrected chi connectivity index (χ0v) is 14.8. The van der Waals surface area contributed by atoms with Crippen molar-refractivity contribution in [3.8, 4) is 5.75 Å². The molecule has 122 valence electrons. The quantitative estimate of drug-likeness (QED) is 0.861. The van der Waals surface area contributed by atoms with Gasteiger partial charge in [0.2, 0.25) is 0 Å². The molecule has 0 N–H and O–H groups in total. The minimum atomic E-state index is -1.16. The van der Waals surface area contributed by atoms with Crippen LogP contribution in [0.5, 0.6) is 5.75 Å². The van der Waals surface area contributed by atoms with Crippen molar-refractivity contribution in [1.29, 1.82) is 0 Å². The number of fused-ring (bicyclic) bond motifs is 2. The molecule has 0 saturated carbocycles. The summed E-state index contributed by atoms with van der Waals surface area (Å²) in [6.07, 6.45) is 0. The van der Waals surface area contributed by atoms with Crippen molar-refractivity contribution >= 4 is 22.2 Å². The molecule has 1 aliphatic heterocycles.